The van der Waals surface area contributed by atoms with Crippen molar-refractivity contribution < 1.29 is 0 Å². The summed E-state index contributed by atoms with van der Waals surface area (Å²) < 4.78 is 2.29. The fourth-order valence-electron chi connectivity index (χ4n) is 2.01. The summed E-state index contributed by atoms with van der Waals surface area (Å²) >= 11 is 0. The van der Waals surface area contributed by atoms with E-state index in [0.717, 1.165) is 18.9 Å². The van der Waals surface area contributed by atoms with Gasteiger partial charge in [0.05, 0.1) is 0 Å². The van der Waals surface area contributed by atoms with Crippen LogP contribution in [0.4, 0.5) is 5.95 Å². The molecular formula is C13H24N4. The minimum atomic E-state index is 0.279. The summed E-state index contributed by atoms with van der Waals surface area (Å²) in [5.41, 5.74) is 6.07. The highest BCUT2D eigenvalue weighted by molar-refractivity contribution is 5.31. The molecule has 2 rings (SSSR count). The zero-order valence-electron chi connectivity index (χ0n) is 11.1. The number of nitrogens with zero attached hydrogens (tertiary/aromatic N) is 3. The van der Waals surface area contributed by atoms with Crippen LogP contribution >= 0.6 is 0 Å². The van der Waals surface area contributed by atoms with Crippen molar-refractivity contribution in [3.05, 3.63) is 12.4 Å². The lowest BCUT2D eigenvalue weighted by Gasteiger charge is -2.23. The van der Waals surface area contributed by atoms with E-state index in [2.05, 4.69) is 41.5 Å². The molecule has 1 aromatic rings. The molecule has 0 aliphatic heterocycles. The average molecular weight is 236 g/mol. The van der Waals surface area contributed by atoms with Crippen LogP contribution in [0.1, 0.15) is 39.2 Å². The van der Waals surface area contributed by atoms with Gasteiger partial charge >= 0.3 is 0 Å². The number of hydrogen-bond acceptors (Lipinski definition) is 3. The molecule has 0 bridgehead atoms. The van der Waals surface area contributed by atoms with Gasteiger partial charge in [0.1, 0.15) is 0 Å². The van der Waals surface area contributed by atoms with Crippen LogP contribution in [0.3, 0.4) is 0 Å². The van der Waals surface area contributed by atoms with E-state index in [4.69, 9.17) is 5.73 Å². The van der Waals surface area contributed by atoms with Crippen molar-refractivity contribution in [1.29, 1.82) is 0 Å². The topological polar surface area (TPSA) is 47.1 Å². The second-order valence-electron chi connectivity index (χ2n) is 5.48. The molecule has 0 spiro atoms. The van der Waals surface area contributed by atoms with Gasteiger partial charge in [-0.3, -0.25) is 0 Å². The molecule has 1 unspecified atom stereocenters. The van der Waals surface area contributed by atoms with Gasteiger partial charge in [-0.1, -0.05) is 13.8 Å². The quantitative estimate of drug-likeness (QED) is 0.822. The van der Waals surface area contributed by atoms with Crippen molar-refractivity contribution in [2.24, 2.45) is 11.7 Å². The van der Waals surface area contributed by atoms with Crippen LogP contribution < -0.4 is 10.6 Å². The first-order valence-corrected chi connectivity index (χ1v) is 6.59. The Balaban J connectivity index is 1.90. The molecule has 17 heavy (non-hydrogen) atoms. The first-order chi connectivity index (χ1) is 8.09. The third-order valence-corrected chi connectivity index (χ3v) is 3.58. The molecule has 0 saturated heterocycles. The molecule has 96 valence electrons. The third kappa shape index (κ3) is 3.00. The summed E-state index contributed by atoms with van der Waals surface area (Å²) in [4.78, 5) is 6.67. The first-order valence-electron chi connectivity index (χ1n) is 6.59. The summed E-state index contributed by atoms with van der Waals surface area (Å²) in [6, 6.07) is 0.968. The van der Waals surface area contributed by atoms with Crippen molar-refractivity contribution >= 4 is 5.95 Å². The highest BCUT2D eigenvalue weighted by atomic mass is 15.3. The van der Waals surface area contributed by atoms with Crippen LogP contribution in [-0.4, -0.2) is 29.2 Å². The van der Waals surface area contributed by atoms with Gasteiger partial charge in [0, 0.05) is 38.1 Å². The van der Waals surface area contributed by atoms with E-state index in [1.165, 1.54) is 12.8 Å². The zero-order valence-corrected chi connectivity index (χ0v) is 11.1. The highest BCUT2D eigenvalue weighted by Crippen LogP contribution is 2.37. The lowest BCUT2D eigenvalue weighted by molar-refractivity contribution is 0.464. The average Bonchev–Trinajstić information content (AvgIpc) is 3.03. The summed E-state index contributed by atoms with van der Waals surface area (Å²) in [6.45, 7) is 5.33. The Kier molecular flexibility index (Phi) is 3.72. The Labute approximate surface area is 104 Å². The molecule has 1 aliphatic rings. The van der Waals surface area contributed by atoms with E-state index in [0.29, 0.717) is 12.0 Å². The van der Waals surface area contributed by atoms with Gasteiger partial charge in [0.15, 0.2) is 0 Å². The van der Waals surface area contributed by atoms with Crippen LogP contribution in [0.2, 0.25) is 0 Å². The molecular weight excluding hydrogens is 212 g/mol. The highest BCUT2D eigenvalue weighted by Gasteiger charge is 2.26. The number of aromatic nitrogens is 2. The van der Waals surface area contributed by atoms with E-state index in [1.54, 1.807) is 0 Å². The Morgan fingerprint density at radius 2 is 2.24 bits per heavy atom. The second kappa shape index (κ2) is 5.08. The van der Waals surface area contributed by atoms with Gasteiger partial charge < -0.3 is 15.2 Å². The largest absolute Gasteiger partial charge is 0.345 e. The minimum absolute atomic E-state index is 0.279. The van der Waals surface area contributed by atoms with Gasteiger partial charge in [-0.2, -0.15) is 0 Å². The molecule has 4 nitrogen and oxygen atoms in total. The number of hydrogen-bond donors (Lipinski definition) is 1. The molecule has 0 aromatic carbocycles. The molecule has 1 fully saturated rings. The maximum absolute atomic E-state index is 6.07. The Hall–Kier alpha value is -1.03. The van der Waals surface area contributed by atoms with E-state index in [-0.39, 0.29) is 6.04 Å². The maximum Gasteiger partial charge on any atom is 0.205 e. The molecule has 4 heteroatoms. The summed E-state index contributed by atoms with van der Waals surface area (Å²) in [6.07, 6.45) is 7.59. The monoisotopic (exact) mass is 236 g/mol. The number of imidazole rings is 1. The molecule has 1 atom stereocenters. The van der Waals surface area contributed by atoms with Gasteiger partial charge in [-0.05, 0) is 25.2 Å². The van der Waals surface area contributed by atoms with Crippen molar-refractivity contribution in [3.63, 3.8) is 0 Å². The van der Waals surface area contributed by atoms with E-state index in [9.17, 15) is 0 Å². The van der Waals surface area contributed by atoms with Gasteiger partial charge in [0.25, 0.3) is 0 Å². The van der Waals surface area contributed by atoms with E-state index >= 15 is 0 Å². The standard InChI is InChI=1S/C13H24N4/c1-10(2)12(14)6-8-16(3)13-15-7-9-17(13)11-4-5-11/h7,9-12H,4-6,8,14H2,1-3H3. The number of rotatable bonds is 6. The Bertz CT molecular complexity index is 354. The molecule has 1 aromatic heterocycles. The summed E-state index contributed by atoms with van der Waals surface area (Å²) in [7, 11) is 2.11. The van der Waals surface area contributed by atoms with E-state index < -0.39 is 0 Å². The van der Waals surface area contributed by atoms with Gasteiger partial charge in [-0.25, -0.2) is 4.98 Å². The molecule has 1 heterocycles. The Morgan fingerprint density at radius 1 is 1.53 bits per heavy atom. The first kappa shape index (κ1) is 12.4. The van der Waals surface area contributed by atoms with Crippen LogP contribution in [0.25, 0.3) is 0 Å². The summed E-state index contributed by atoms with van der Waals surface area (Å²) in [5, 5.41) is 0. The van der Waals surface area contributed by atoms with Crippen molar-refractivity contribution in [1.82, 2.24) is 9.55 Å². The van der Waals surface area contributed by atoms with Crippen molar-refractivity contribution in [2.75, 3.05) is 18.5 Å². The molecule has 1 aliphatic carbocycles. The zero-order chi connectivity index (χ0) is 12.4. The molecule has 0 radical (unpaired) electrons. The molecule has 2 N–H and O–H groups in total. The lowest BCUT2D eigenvalue weighted by Crippen LogP contribution is -2.32. The van der Waals surface area contributed by atoms with Gasteiger partial charge in [0.2, 0.25) is 5.95 Å². The minimum Gasteiger partial charge on any atom is -0.345 e. The third-order valence-electron chi connectivity index (χ3n) is 3.58. The normalized spacial score (nSPS) is 17.5. The van der Waals surface area contributed by atoms with Crippen LogP contribution in [-0.2, 0) is 0 Å². The SMILES string of the molecule is CC(C)C(N)CCN(C)c1nccn1C1CC1. The van der Waals surface area contributed by atoms with Crippen LogP contribution in [0.15, 0.2) is 12.4 Å². The van der Waals surface area contributed by atoms with Gasteiger partial charge in [-0.15, -0.1) is 0 Å². The predicted molar refractivity (Wildman–Crippen MR) is 71.2 cm³/mol. The van der Waals surface area contributed by atoms with Crippen molar-refractivity contribution in [3.8, 4) is 0 Å². The lowest BCUT2D eigenvalue weighted by atomic mass is 10.0. The fraction of sp³-hybridized carbons (Fsp3) is 0.769. The maximum atomic E-state index is 6.07. The van der Waals surface area contributed by atoms with E-state index in [1.807, 2.05) is 6.20 Å². The molecule has 0 amide bonds. The van der Waals surface area contributed by atoms with Crippen molar-refractivity contribution in [2.45, 2.75) is 45.2 Å². The smallest absolute Gasteiger partial charge is 0.205 e. The predicted octanol–water partition coefficient (Wildman–Crippen LogP) is 2.03. The second-order valence-corrected chi connectivity index (χ2v) is 5.48. The molecule has 1 saturated carbocycles. The number of nitrogens with two attached hydrogens (primary N) is 1. The van der Waals surface area contributed by atoms with Crippen LogP contribution in [0.5, 0.6) is 0 Å². The van der Waals surface area contributed by atoms with Crippen LogP contribution in [0, 0.1) is 5.92 Å². The number of anilines is 1. The summed E-state index contributed by atoms with van der Waals surface area (Å²) in [5.74, 6) is 1.63. The fourth-order valence-corrected chi connectivity index (χ4v) is 2.01. The Morgan fingerprint density at radius 3 is 2.82 bits per heavy atom.